The highest BCUT2D eigenvalue weighted by atomic mass is 32.2. The molecule has 0 fully saturated rings. The van der Waals surface area contributed by atoms with Crippen LogP contribution >= 0.6 is 0 Å². The molecular formula is C20H28N2O2S. The summed E-state index contributed by atoms with van der Waals surface area (Å²) in [5.41, 5.74) is 3.38. The number of hydrogen-bond donors (Lipinski definition) is 1. The van der Waals surface area contributed by atoms with Gasteiger partial charge in [-0.05, 0) is 46.6 Å². The molecule has 1 heterocycles. The number of pyridine rings is 1. The van der Waals surface area contributed by atoms with Gasteiger partial charge in [0.05, 0.1) is 16.8 Å². The van der Waals surface area contributed by atoms with Crippen LogP contribution in [0.2, 0.25) is 0 Å². The lowest BCUT2D eigenvalue weighted by atomic mass is 9.89. The van der Waals surface area contributed by atoms with Crippen molar-refractivity contribution in [1.29, 1.82) is 0 Å². The van der Waals surface area contributed by atoms with Crippen molar-refractivity contribution >= 4 is 15.7 Å². The summed E-state index contributed by atoms with van der Waals surface area (Å²) in [7, 11) is -3.70. The molecule has 0 aliphatic carbocycles. The highest BCUT2D eigenvalue weighted by Crippen LogP contribution is 2.35. The lowest BCUT2D eigenvalue weighted by molar-refractivity contribution is 0.595. The topological polar surface area (TPSA) is 59.1 Å². The van der Waals surface area contributed by atoms with Gasteiger partial charge >= 0.3 is 0 Å². The van der Waals surface area contributed by atoms with E-state index in [0.29, 0.717) is 16.5 Å². The van der Waals surface area contributed by atoms with Gasteiger partial charge in [-0.15, -0.1) is 0 Å². The molecule has 5 heteroatoms. The smallest absolute Gasteiger partial charge is 0.262 e. The minimum absolute atomic E-state index is 0.108. The lowest BCUT2D eigenvalue weighted by Gasteiger charge is -2.23. The van der Waals surface area contributed by atoms with Gasteiger partial charge in [-0.3, -0.25) is 9.71 Å². The second-order valence-electron chi connectivity index (χ2n) is 7.34. The number of anilines is 1. The summed E-state index contributed by atoms with van der Waals surface area (Å²) in [5, 5.41) is 0. The SMILES string of the molecule is CC(C)c1cc(C(C)C)c(S(=O)(=O)Nc2cccnc2)c(C(C)C)c1. The van der Waals surface area contributed by atoms with E-state index < -0.39 is 10.0 Å². The molecule has 0 saturated carbocycles. The Morgan fingerprint density at radius 1 is 0.920 bits per heavy atom. The molecule has 0 aliphatic rings. The predicted octanol–water partition coefficient (Wildman–Crippen LogP) is 5.25. The maximum Gasteiger partial charge on any atom is 0.262 e. The van der Waals surface area contributed by atoms with Crippen molar-refractivity contribution in [2.45, 2.75) is 64.2 Å². The van der Waals surface area contributed by atoms with Gasteiger partial charge in [-0.25, -0.2) is 8.42 Å². The van der Waals surface area contributed by atoms with Crippen LogP contribution in [0.1, 0.15) is 76.0 Å². The summed E-state index contributed by atoms with van der Waals surface area (Å²) in [6, 6.07) is 7.50. The highest BCUT2D eigenvalue weighted by molar-refractivity contribution is 7.92. The van der Waals surface area contributed by atoms with Crippen LogP contribution in [0.5, 0.6) is 0 Å². The van der Waals surface area contributed by atoms with Crippen molar-refractivity contribution in [2.24, 2.45) is 0 Å². The zero-order valence-electron chi connectivity index (χ0n) is 15.9. The molecular weight excluding hydrogens is 332 g/mol. The average molecular weight is 361 g/mol. The van der Waals surface area contributed by atoms with Crippen molar-refractivity contribution in [3.05, 3.63) is 53.3 Å². The largest absolute Gasteiger partial charge is 0.278 e. The van der Waals surface area contributed by atoms with E-state index in [1.54, 1.807) is 18.3 Å². The van der Waals surface area contributed by atoms with Crippen LogP contribution in [-0.2, 0) is 10.0 Å². The molecule has 0 bridgehead atoms. The quantitative estimate of drug-likeness (QED) is 0.765. The van der Waals surface area contributed by atoms with E-state index in [2.05, 4.69) is 23.6 Å². The summed E-state index contributed by atoms with van der Waals surface area (Å²) in [6.07, 6.45) is 3.14. The monoisotopic (exact) mass is 360 g/mol. The number of rotatable bonds is 6. The molecule has 0 unspecified atom stereocenters. The van der Waals surface area contributed by atoms with Gasteiger partial charge in [0.1, 0.15) is 0 Å². The molecule has 0 atom stereocenters. The Hall–Kier alpha value is -1.88. The molecule has 2 aromatic rings. The van der Waals surface area contributed by atoms with Gasteiger partial charge in [-0.2, -0.15) is 0 Å². The van der Waals surface area contributed by atoms with Crippen molar-refractivity contribution in [3.8, 4) is 0 Å². The fourth-order valence-corrected chi connectivity index (χ4v) is 4.57. The molecule has 4 nitrogen and oxygen atoms in total. The zero-order valence-corrected chi connectivity index (χ0v) is 16.7. The van der Waals surface area contributed by atoms with Gasteiger partial charge in [0, 0.05) is 6.20 Å². The Morgan fingerprint density at radius 2 is 1.48 bits per heavy atom. The second-order valence-corrected chi connectivity index (χ2v) is 8.96. The minimum Gasteiger partial charge on any atom is -0.278 e. The molecule has 0 amide bonds. The van der Waals surface area contributed by atoms with Crippen LogP contribution in [-0.4, -0.2) is 13.4 Å². The van der Waals surface area contributed by atoms with Crippen LogP contribution in [0, 0.1) is 0 Å². The zero-order chi connectivity index (χ0) is 18.8. The summed E-state index contributed by atoms with van der Waals surface area (Å²) in [4.78, 5) is 4.40. The van der Waals surface area contributed by atoms with E-state index in [1.807, 2.05) is 39.8 Å². The first-order valence-corrected chi connectivity index (χ1v) is 10.2. The van der Waals surface area contributed by atoms with Crippen LogP contribution < -0.4 is 4.72 Å². The standard InChI is InChI=1S/C20H28N2O2S/c1-13(2)16-10-18(14(3)4)20(19(11-16)15(5)6)25(23,24)22-17-8-7-9-21-12-17/h7-15,22H,1-6H3. The Labute approximate surface area is 151 Å². The normalized spacial score (nSPS) is 12.2. The number of hydrogen-bond acceptors (Lipinski definition) is 3. The second kappa shape index (κ2) is 7.56. The van der Waals surface area contributed by atoms with Gasteiger partial charge < -0.3 is 0 Å². The molecule has 0 saturated heterocycles. The van der Waals surface area contributed by atoms with Crippen LogP contribution in [0.15, 0.2) is 41.6 Å². The van der Waals surface area contributed by atoms with Gasteiger partial charge in [0.2, 0.25) is 0 Å². The summed E-state index contributed by atoms with van der Waals surface area (Å²) in [6.45, 7) is 12.4. The van der Waals surface area contributed by atoms with Gasteiger partial charge in [-0.1, -0.05) is 53.7 Å². The van der Waals surface area contributed by atoms with E-state index in [9.17, 15) is 8.42 Å². The molecule has 0 radical (unpaired) electrons. The highest BCUT2D eigenvalue weighted by Gasteiger charge is 2.27. The van der Waals surface area contributed by atoms with Gasteiger partial charge in [0.15, 0.2) is 0 Å². The molecule has 1 aromatic heterocycles. The third-order valence-corrected chi connectivity index (χ3v) is 5.78. The first kappa shape index (κ1) is 19.4. The Morgan fingerprint density at radius 3 is 1.88 bits per heavy atom. The van der Waals surface area contributed by atoms with E-state index >= 15 is 0 Å². The maximum atomic E-state index is 13.2. The molecule has 136 valence electrons. The van der Waals surface area contributed by atoms with Crippen LogP contribution in [0.25, 0.3) is 0 Å². The summed E-state index contributed by atoms with van der Waals surface area (Å²) >= 11 is 0. The van der Waals surface area contributed by atoms with E-state index in [0.717, 1.165) is 11.1 Å². The van der Waals surface area contributed by atoms with E-state index in [1.165, 1.54) is 11.8 Å². The number of sulfonamides is 1. The minimum atomic E-state index is -3.70. The number of nitrogens with one attached hydrogen (secondary N) is 1. The fourth-order valence-electron chi connectivity index (χ4n) is 2.83. The molecule has 25 heavy (non-hydrogen) atoms. The molecule has 0 aliphatic heterocycles. The van der Waals surface area contributed by atoms with E-state index in [-0.39, 0.29) is 11.8 Å². The Kier molecular flexibility index (Phi) is 5.88. The number of benzene rings is 1. The first-order valence-electron chi connectivity index (χ1n) is 8.74. The fraction of sp³-hybridized carbons (Fsp3) is 0.450. The van der Waals surface area contributed by atoms with Crippen molar-refractivity contribution in [2.75, 3.05) is 4.72 Å². The summed E-state index contributed by atoms with van der Waals surface area (Å²) in [5.74, 6) is 0.561. The Bertz CT molecular complexity index is 797. The lowest BCUT2D eigenvalue weighted by Crippen LogP contribution is -2.19. The predicted molar refractivity (Wildman–Crippen MR) is 104 cm³/mol. The van der Waals surface area contributed by atoms with Gasteiger partial charge in [0.25, 0.3) is 10.0 Å². The van der Waals surface area contributed by atoms with Crippen molar-refractivity contribution in [1.82, 2.24) is 4.98 Å². The maximum absolute atomic E-state index is 13.2. The molecule has 0 spiro atoms. The first-order chi connectivity index (χ1) is 11.6. The molecule has 1 aromatic carbocycles. The van der Waals surface area contributed by atoms with Crippen molar-refractivity contribution in [3.63, 3.8) is 0 Å². The number of nitrogens with zero attached hydrogens (tertiary/aromatic N) is 1. The summed E-state index contributed by atoms with van der Waals surface area (Å²) < 4.78 is 29.1. The Balaban J connectivity index is 2.69. The number of aromatic nitrogens is 1. The molecule has 1 N–H and O–H groups in total. The third-order valence-electron chi connectivity index (χ3n) is 4.26. The van der Waals surface area contributed by atoms with E-state index in [4.69, 9.17) is 0 Å². The molecule has 2 rings (SSSR count). The van der Waals surface area contributed by atoms with Crippen LogP contribution in [0.3, 0.4) is 0 Å². The van der Waals surface area contributed by atoms with Crippen molar-refractivity contribution < 1.29 is 8.42 Å². The third kappa shape index (κ3) is 4.40. The van der Waals surface area contributed by atoms with Crippen LogP contribution in [0.4, 0.5) is 5.69 Å². The average Bonchev–Trinajstić information content (AvgIpc) is 2.53.